The zero-order valence-electron chi connectivity index (χ0n) is 16.8. The van der Waals surface area contributed by atoms with E-state index in [2.05, 4.69) is 9.98 Å². The van der Waals surface area contributed by atoms with E-state index in [-0.39, 0.29) is 29.6 Å². The fourth-order valence-corrected chi connectivity index (χ4v) is 3.75. The molecule has 2 heterocycles. The normalized spacial score (nSPS) is 14.6. The molecular formula is C22H19F2N5O3. The van der Waals surface area contributed by atoms with E-state index in [0.717, 1.165) is 6.07 Å². The number of amidine groups is 1. The van der Waals surface area contributed by atoms with Crippen LogP contribution >= 0.6 is 0 Å². The molecule has 0 saturated carbocycles. The van der Waals surface area contributed by atoms with Crippen molar-refractivity contribution in [3.63, 3.8) is 0 Å². The summed E-state index contributed by atoms with van der Waals surface area (Å²) in [4.78, 5) is 46.7. The van der Waals surface area contributed by atoms with Gasteiger partial charge in [0.05, 0.1) is 11.1 Å². The van der Waals surface area contributed by atoms with Crippen LogP contribution in [0.15, 0.2) is 53.7 Å². The molecule has 1 fully saturated rings. The number of H-pyrrole nitrogens is 1. The van der Waals surface area contributed by atoms with Gasteiger partial charge in [0.1, 0.15) is 17.5 Å². The number of fused-ring (bicyclic) bond motifs is 1. The number of Topliss-reactive ketones (excluding diaryl/α,β-unsaturated/α-hetero) is 1. The summed E-state index contributed by atoms with van der Waals surface area (Å²) in [5.41, 5.74) is 5.90. The number of aromatic amines is 1. The van der Waals surface area contributed by atoms with Crippen molar-refractivity contribution >= 4 is 34.5 Å². The Bertz CT molecular complexity index is 1230. The van der Waals surface area contributed by atoms with Crippen LogP contribution in [-0.4, -0.2) is 64.5 Å². The molecule has 0 spiro atoms. The molecule has 0 aliphatic carbocycles. The van der Waals surface area contributed by atoms with Crippen molar-refractivity contribution < 1.29 is 23.2 Å². The maximum atomic E-state index is 14.2. The molecule has 8 nitrogen and oxygen atoms in total. The van der Waals surface area contributed by atoms with Crippen LogP contribution in [0.1, 0.15) is 15.9 Å². The Labute approximate surface area is 181 Å². The van der Waals surface area contributed by atoms with Crippen LogP contribution in [0.4, 0.5) is 13.6 Å². The number of hydrogen-bond acceptors (Lipinski definition) is 3. The number of hydrogen-bond donors (Lipinski definition) is 2. The first kappa shape index (κ1) is 21.2. The van der Waals surface area contributed by atoms with E-state index in [1.807, 2.05) is 11.0 Å². The third-order valence-corrected chi connectivity index (χ3v) is 5.25. The summed E-state index contributed by atoms with van der Waals surface area (Å²) >= 11 is 0. The summed E-state index contributed by atoms with van der Waals surface area (Å²) in [6.45, 7) is 1.00. The molecule has 1 aliphatic heterocycles. The molecule has 0 unspecified atom stereocenters. The number of amides is 3. The van der Waals surface area contributed by atoms with E-state index in [1.54, 1.807) is 24.3 Å². The Kier molecular flexibility index (Phi) is 5.67. The van der Waals surface area contributed by atoms with Crippen molar-refractivity contribution in [2.75, 3.05) is 26.2 Å². The Morgan fingerprint density at radius 3 is 2.28 bits per heavy atom. The van der Waals surface area contributed by atoms with Crippen molar-refractivity contribution in [3.05, 3.63) is 71.4 Å². The summed E-state index contributed by atoms with van der Waals surface area (Å²) in [6, 6.07) is 9.90. The fourth-order valence-electron chi connectivity index (χ4n) is 3.75. The first-order valence-electron chi connectivity index (χ1n) is 9.83. The molecule has 1 saturated heterocycles. The molecule has 3 aromatic rings. The van der Waals surface area contributed by atoms with E-state index in [9.17, 15) is 23.2 Å². The van der Waals surface area contributed by atoms with E-state index < -0.39 is 29.4 Å². The lowest BCUT2D eigenvalue weighted by Crippen LogP contribution is -2.52. The van der Waals surface area contributed by atoms with Crippen molar-refractivity contribution in [2.24, 2.45) is 10.7 Å². The molecule has 10 heteroatoms. The first-order valence-corrected chi connectivity index (χ1v) is 9.83. The van der Waals surface area contributed by atoms with Gasteiger partial charge in [0.15, 0.2) is 0 Å². The standard InChI is InChI=1S/C22H19F2N5O3/c23-14-10-16(24)18-15(12-26-17(18)11-14)19(30)21(31)29-8-6-28(7-9-29)20(27-22(25)32)13-4-2-1-3-5-13/h1-5,10-12,26H,6-9H2,(H2,25,32)/b27-20+. The smallest absolute Gasteiger partial charge is 0.340 e. The molecule has 2 aromatic carbocycles. The van der Waals surface area contributed by atoms with Crippen molar-refractivity contribution in [3.8, 4) is 0 Å². The molecule has 4 rings (SSSR count). The van der Waals surface area contributed by atoms with Crippen LogP contribution in [0.25, 0.3) is 10.9 Å². The number of rotatable bonds is 3. The Morgan fingerprint density at radius 2 is 1.62 bits per heavy atom. The van der Waals surface area contributed by atoms with Crippen LogP contribution < -0.4 is 5.73 Å². The summed E-state index contributed by atoms with van der Waals surface area (Å²) < 4.78 is 27.6. The van der Waals surface area contributed by atoms with Crippen molar-refractivity contribution in [1.82, 2.24) is 14.8 Å². The highest BCUT2D eigenvalue weighted by Crippen LogP contribution is 2.24. The van der Waals surface area contributed by atoms with Gasteiger partial charge in [0.25, 0.3) is 11.7 Å². The SMILES string of the molecule is NC(=O)/N=C(\c1ccccc1)N1CCN(C(=O)C(=O)c2c[nH]c3cc(F)cc(F)c23)CC1. The van der Waals surface area contributed by atoms with E-state index in [4.69, 9.17) is 5.73 Å². The number of aromatic nitrogens is 1. The van der Waals surface area contributed by atoms with Gasteiger partial charge in [-0.1, -0.05) is 30.3 Å². The quantitative estimate of drug-likeness (QED) is 0.282. The number of carbonyl (C=O) groups excluding carboxylic acids is 3. The Hall–Kier alpha value is -4.08. The number of aliphatic imine (C=N–C) groups is 1. The average Bonchev–Trinajstić information content (AvgIpc) is 3.21. The molecule has 1 aliphatic rings. The average molecular weight is 439 g/mol. The molecule has 0 atom stereocenters. The molecule has 32 heavy (non-hydrogen) atoms. The summed E-state index contributed by atoms with van der Waals surface area (Å²) in [5, 5.41) is -0.122. The molecule has 0 bridgehead atoms. The van der Waals surface area contributed by atoms with Gasteiger partial charge < -0.3 is 20.5 Å². The lowest BCUT2D eigenvalue weighted by molar-refractivity contribution is -0.127. The predicted molar refractivity (Wildman–Crippen MR) is 113 cm³/mol. The third-order valence-electron chi connectivity index (χ3n) is 5.25. The second kappa shape index (κ2) is 8.58. The minimum Gasteiger partial charge on any atom is -0.360 e. The minimum absolute atomic E-state index is 0.0960. The van der Waals surface area contributed by atoms with E-state index >= 15 is 0 Å². The van der Waals surface area contributed by atoms with Crippen LogP contribution in [0, 0.1) is 11.6 Å². The number of benzene rings is 2. The van der Waals surface area contributed by atoms with Gasteiger partial charge in [-0.2, -0.15) is 4.99 Å². The lowest BCUT2D eigenvalue weighted by Gasteiger charge is -2.36. The highest BCUT2D eigenvalue weighted by Gasteiger charge is 2.30. The zero-order valence-corrected chi connectivity index (χ0v) is 16.8. The monoisotopic (exact) mass is 439 g/mol. The van der Waals surface area contributed by atoms with Crippen LogP contribution in [-0.2, 0) is 4.79 Å². The van der Waals surface area contributed by atoms with Crippen molar-refractivity contribution in [2.45, 2.75) is 0 Å². The largest absolute Gasteiger partial charge is 0.360 e. The topological polar surface area (TPSA) is 112 Å². The first-order chi connectivity index (χ1) is 15.3. The zero-order chi connectivity index (χ0) is 22.8. The lowest BCUT2D eigenvalue weighted by atomic mass is 10.1. The van der Waals surface area contributed by atoms with Gasteiger partial charge in [0.2, 0.25) is 0 Å². The predicted octanol–water partition coefficient (Wildman–Crippen LogP) is 2.30. The van der Waals surface area contributed by atoms with Crippen molar-refractivity contribution in [1.29, 1.82) is 0 Å². The van der Waals surface area contributed by atoms with E-state index in [1.165, 1.54) is 11.1 Å². The highest BCUT2D eigenvalue weighted by molar-refractivity contribution is 6.44. The van der Waals surface area contributed by atoms with Crippen LogP contribution in [0.3, 0.4) is 0 Å². The van der Waals surface area contributed by atoms with Crippen LogP contribution in [0.5, 0.6) is 0 Å². The second-order valence-electron chi connectivity index (χ2n) is 7.26. The molecular weight excluding hydrogens is 420 g/mol. The van der Waals surface area contributed by atoms with Gasteiger partial charge in [-0.3, -0.25) is 9.59 Å². The second-order valence-corrected chi connectivity index (χ2v) is 7.26. The highest BCUT2D eigenvalue weighted by atomic mass is 19.1. The molecule has 1 aromatic heterocycles. The van der Waals surface area contributed by atoms with Gasteiger partial charge >= 0.3 is 6.03 Å². The van der Waals surface area contributed by atoms with Gasteiger partial charge in [-0.25, -0.2) is 13.6 Å². The maximum absolute atomic E-state index is 14.2. The maximum Gasteiger partial charge on any atom is 0.340 e. The summed E-state index contributed by atoms with van der Waals surface area (Å²) in [5.74, 6) is -2.99. The van der Waals surface area contributed by atoms with Gasteiger partial charge in [-0.05, 0) is 6.07 Å². The number of nitrogens with zero attached hydrogens (tertiary/aromatic N) is 3. The number of nitrogens with one attached hydrogen (secondary N) is 1. The van der Waals surface area contributed by atoms with E-state index in [0.29, 0.717) is 30.6 Å². The number of nitrogens with two attached hydrogens (primary N) is 1. The number of carbonyl (C=O) groups is 3. The summed E-state index contributed by atoms with van der Waals surface area (Å²) in [7, 11) is 0. The molecule has 3 N–H and O–H groups in total. The summed E-state index contributed by atoms with van der Waals surface area (Å²) in [6.07, 6.45) is 1.21. The Morgan fingerprint density at radius 1 is 0.969 bits per heavy atom. The molecule has 164 valence electrons. The number of primary amides is 1. The van der Waals surface area contributed by atoms with Crippen LogP contribution in [0.2, 0.25) is 0 Å². The number of piperazine rings is 1. The van der Waals surface area contributed by atoms with Gasteiger partial charge in [-0.15, -0.1) is 0 Å². The third kappa shape index (κ3) is 4.07. The fraction of sp³-hybridized carbons (Fsp3) is 0.182. The minimum atomic E-state index is -0.919. The Balaban J connectivity index is 1.50. The number of urea groups is 1. The van der Waals surface area contributed by atoms with Gasteiger partial charge in [0, 0.05) is 49.4 Å². The number of halogens is 2. The molecule has 0 radical (unpaired) electrons. The molecule has 3 amide bonds. The number of ketones is 1.